The molecule has 1 heterocycles. The highest BCUT2D eigenvalue weighted by Crippen LogP contribution is 2.23. The van der Waals surface area contributed by atoms with Crippen molar-refractivity contribution in [2.45, 2.75) is 20.4 Å². The first-order valence-corrected chi connectivity index (χ1v) is 8.80. The second-order valence-corrected chi connectivity index (χ2v) is 6.63. The minimum Gasteiger partial charge on any atom is -0.496 e. The zero-order valence-electron chi connectivity index (χ0n) is 15.3. The van der Waals surface area contributed by atoms with Gasteiger partial charge < -0.3 is 9.64 Å². The highest BCUT2D eigenvalue weighted by atomic mass is 16.5. The van der Waals surface area contributed by atoms with Gasteiger partial charge in [0.05, 0.1) is 7.11 Å². The van der Waals surface area contributed by atoms with Gasteiger partial charge in [-0.25, -0.2) is 0 Å². The van der Waals surface area contributed by atoms with Crippen molar-refractivity contribution in [2.75, 3.05) is 33.3 Å². The molecule has 0 unspecified atom stereocenters. The number of nitrogens with zero attached hydrogens (tertiary/aromatic N) is 2. The van der Waals surface area contributed by atoms with Crippen molar-refractivity contribution in [3.05, 3.63) is 64.7 Å². The molecule has 4 heteroatoms. The minimum atomic E-state index is 0.104. The monoisotopic (exact) mass is 338 g/mol. The lowest BCUT2D eigenvalue weighted by atomic mass is 10.1. The van der Waals surface area contributed by atoms with Crippen LogP contribution in [0.15, 0.2) is 42.5 Å². The zero-order valence-corrected chi connectivity index (χ0v) is 15.3. The SMILES string of the molecule is COc1cccc(C(=O)N2CCN(Cc3ccccc3C)CC2)c1C. The van der Waals surface area contributed by atoms with Crippen molar-refractivity contribution >= 4 is 5.91 Å². The van der Waals surface area contributed by atoms with E-state index >= 15 is 0 Å². The molecule has 0 N–H and O–H groups in total. The molecule has 4 nitrogen and oxygen atoms in total. The summed E-state index contributed by atoms with van der Waals surface area (Å²) in [6.45, 7) is 8.39. The van der Waals surface area contributed by atoms with Gasteiger partial charge in [-0.1, -0.05) is 30.3 Å². The summed E-state index contributed by atoms with van der Waals surface area (Å²) in [5, 5.41) is 0. The molecule has 2 aromatic carbocycles. The Bertz CT molecular complexity index is 749. The molecule has 1 aliphatic heterocycles. The Morgan fingerprint density at radius 1 is 1.00 bits per heavy atom. The molecule has 0 bridgehead atoms. The molecular weight excluding hydrogens is 312 g/mol. The number of aryl methyl sites for hydroxylation is 1. The second kappa shape index (κ2) is 7.70. The molecule has 25 heavy (non-hydrogen) atoms. The fourth-order valence-electron chi connectivity index (χ4n) is 3.38. The summed E-state index contributed by atoms with van der Waals surface area (Å²) < 4.78 is 5.34. The van der Waals surface area contributed by atoms with E-state index in [2.05, 4.69) is 36.1 Å². The molecule has 0 spiro atoms. The molecule has 1 saturated heterocycles. The molecule has 0 radical (unpaired) electrons. The van der Waals surface area contributed by atoms with Gasteiger partial charge in [-0.05, 0) is 37.1 Å². The molecule has 1 aliphatic rings. The van der Waals surface area contributed by atoms with Crippen LogP contribution in [0.4, 0.5) is 0 Å². The topological polar surface area (TPSA) is 32.8 Å². The number of ether oxygens (including phenoxy) is 1. The number of amides is 1. The largest absolute Gasteiger partial charge is 0.496 e. The van der Waals surface area contributed by atoms with E-state index in [1.54, 1.807) is 7.11 Å². The third-order valence-electron chi connectivity index (χ3n) is 5.05. The van der Waals surface area contributed by atoms with Crippen molar-refractivity contribution in [1.29, 1.82) is 0 Å². The average Bonchev–Trinajstić information content (AvgIpc) is 2.64. The third kappa shape index (κ3) is 3.85. The number of hydrogen-bond donors (Lipinski definition) is 0. The van der Waals surface area contributed by atoms with Gasteiger partial charge in [-0.15, -0.1) is 0 Å². The summed E-state index contributed by atoms with van der Waals surface area (Å²) in [6, 6.07) is 14.2. The van der Waals surface area contributed by atoms with E-state index in [-0.39, 0.29) is 5.91 Å². The Kier molecular flexibility index (Phi) is 5.39. The maximum absolute atomic E-state index is 12.9. The number of carbonyl (C=O) groups is 1. The predicted molar refractivity (Wildman–Crippen MR) is 100 cm³/mol. The van der Waals surface area contributed by atoms with E-state index in [9.17, 15) is 4.79 Å². The minimum absolute atomic E-state index is 0.104. The first kappa shape index (κ1) is 17.5. The molecule has 1 amide bonds. The molecule has 0 aromatic heterocycles. The van der Waals surface area contributed by atoms with E-state index in [0.29, 0.717) is 0 Å². The normalized spacial score (nSPS) is 15.2. The molecule has 0 aliphatic carbocycles. The van der Waals surface area contributed by atoms with E-state index in [1.807, 2.05) is 30.0 Å². The third-order valence-corrected chi connectivity index (χ3v) is 5.05. The van der Waals surface area contributed by atoms with Crippen LogP contribution in [0.5, 0.6) is 5.75 Å². The molecular formula is C21H26N2O2. The van der Waals surface area contributed by atoms with Gasteiger partial charge in [0.1, 0.15) is 5.75 Å². The number of benzene rings is 2. The maximum atomic E-state index is 12.9. The second-order valence-electron chi connectivity index (χ2n) is 6.63. The van der Waals surface area contributed by atoms with Gasteiger partial charge in [0.15, 0.2) is 0 Å². The van der Waals surface area contributed by atoms with Crippen LogP contribution in [0, 0.1) is 13.8 Å². The maximum Gasteiger partial charge on any atom is 0.254 e. The van der Waals surface area contributed by atoms with E-state index in [0.717, 1.165) is 49.6 Å². The Labute approximate surface area is 150 Å². The molecule has 132 valence electrons. The summed E-state index contributed by atoms with van der Waals surface area (Å²) >= 11 is 0. The first-order valence-electron chi connectivity index (χ1n) is 8.80. The van der Waals surface area contributed by atoms with E-state index < -0.39 is 0 Å². The number of carbonyl (C=O) groups excluding carboxylic acids is 1. The smallest absolute Gasteiger partial charge is 0.254 e. The van der Waals surface area contributed by atoms with Crippen molar-refractivity contribution in [3.63, 3.8) is 0 Å². The van der Waals surface area contributed by atoms with Crippen LogP contribution in [0.25, 0.3) is 0 Å². The molecule has 0 atom stereocenters. The summed E-state index contributed by atoms with van der Waals surface area (Å²) in [4.78, 5) is 17.2. The van der Waals surface area contributed by atoms with Crippen molar-refractivity contribution in [2.24, 2.45) is 0 Å². The molecule has 1 fully saturated rings. The number of hydrogen-bond acceptors (Lipinski definition) is 3. The van der Waals surface area contributed by atoms with Crippen LogP contribution in [0.3, 0.4) is 0 Å². The standard InChI is InChI=1S/C21H26N2O2/c1-16-7-4-5-8-18(16)15-22-11-13-23(14-12-22)21(24)19-9-6-10-20(25-3)17(19)2/h4-10H,11-15H2,1-3H3. The zero-order chi connectivity index (χ0) is 17.8. The van der Waals surface area contributed by atoms with Gasteiger partial charge in [0.2, 0.25) is 0 Å². The van der Waals surface area contributed by atoms with Crippen LogP contribution in [-0.2, 0) is 6.54 Å². The first-order chi connectivity index (χ1) is 12.1. The quantitative estimate of drug-likeness (QED) is 0.858. The van der Waals surface area contributed by atoms with Crippen LogP contribution >= 0.6 is 0 Å². The summed E-state index contributed by atoms with van der Waals surface area (Å²) in [6.07, 6.45) is 0. The molecule has 3 rings (SSSR count). The van der Waals surface area contributed by atoms with Crippen molar-refractivity contribution in [1.82, 2.24) is 9.80 Å². The highest BCUT2D eigenvalue weighted by Gasteiger charge is 2.24. The fraction of sp³-hybridized carbons (Fsp3) is 0.381. The molecule has 2 aromatic rings. The number of piperazine rings is 1. The van der Waals surface area contributed by atoms with Gasteiger partial charge in [-0.2, -0.15) is 0 Å². The van der Waals surface area contributed by atoms with Crippen LogP contribution in [0.1, 0.15) is 27.0 Å². The van der Waals surface area contributed by atoms with Crippen LogP contribution in [0.2, 0.25) is 0 Å². The lowest BCUT2D eigenvalue weighted by molar-refractivity contribution is 0.0627. The van der Waals surface area contributed by atoms with Crippen LogP contribution in [-0.4, -0.2) is 49.0 Å². The van der Waals surface area contributed by atoms with Crippen molar-refractivity contribution < 1.29 is 9.53 Å². The van der Waals surface area contributed by atoms with Gasteiger partial charge >= 0.3 is 0 Å². The summed E-state index contributed by atoms with van der Waals surface area (Å²) in [5.74, 6) is 0.871. The Hall–Kier alpha value is -2.33. The Morgan fingerprint density at radius 3 is 2.40 bits per heavy atom. The average molecular weight is 338 g/mol. The summed E-state index contributed by atoms with van der Waals surface area (Å²) in [7, 11) is 1.64. The Balaban J connectivity index is 1.62. The summed E-state index contributed by atoms with van der Waals surface area (Å²) in [5.41, 5.74) is 4.35. The van der Waals surface area contributed by atoms with Gasteiger partial charge in [0.25, 0.3) is 5.91 Å². The lowest BCUT2D eigenvalue weighted by Gasteiger charge is -2.35. The van der Waals surface area contributed by atoms with Crippen LogP contribution < -0.4 is 4.74 Å². The lowest BCUT2D eigenvalue weighted by Crippen LogP contribution is -2.48. The highest BCUT2D eigenvalue weighted by molar-refractivity contribution is 5.96. The Morgan fingerprint density at radius 2 is 1.72 bits per heavy atom. The fourth-order valence-corrected chi connectivity index (χ4v) is 3.38. The number of rotatable bonds is 4. The predicted octanol–water partition coefficient (Wildman–Crippen LogP) is 3.27. The van der Waals surface area contributed by atoms with E-state index in [1.165, 1.54) is 11.1 Å². The van der Waals surface area contributed by atoms with E-state index in [4.69, 9.17) is 4.74 Å². The van der Waals surface area contributed by atoms with Crippen molar-refractivity contribution in [3.8, 4) is 5.75 Å². The van der Waals surface area contributed by atoms with Gasteiger partial charge in [0, 0.05) is 43.9 Å². The molecule has 0 saturated carbocycles. The number of methoxy groups -OCH3 is 1. The van der Waals surface area contributed by atoms with Gasteiger partial charge in [-0.3, -0.25) is 9.69 Å².